The van der Waals surface area contributed by atoms with Crippen LogP contribution in [-0.4, -0.2) is 38.5 Å². The number of rotatable bonds is 17. The Labute approximate surface area is 276 Å². The minimum atomic E-state index is -3.62. The number of hydrogen-bond donors (Lipinski definition) is 1. The Morgan fingerprint density at radius 1 is 0.420 bits per heavy atom. The van der Waals surface area contributed by atoms with Crippen molar-refractivity contribution in [3.63, 3.8) is 0 Å². The van der Waals surface area contributed by atoms with Gasteiger partial charge >= 0.3 is 5.97 Å². The smallest absolute Gasteiger partial charge is 0.308 e. The fourth-order valence-corrected chi connectivity index (χ4v) is 4.60. The van der Waals surface area contributed by atoms with Crippen molar-refractivity contribution in [3.8, 4) is 0 Å². The van der Waals surface area contributed by atoms with Gasteiger partial charge in [-0.3, -0.25) is 0 Å². The molecule has 19 heteroatoms. The molecule has 7 nitrogen and oxygen atoms in total. The molecule has 0 fully saturated rings. The molecule has 0 bridgehead atoms. The average molecular weight is 741 g/mol. The van der Waals surface area contributed by atoms with E-state index in [1.807, 2.05) is 0 Å². The molecule has 3 aromatic carbocycles. The highest BCUT2D eigenvalue weighted by molar-refractivity contribution is 5.31. The Morgan fingerprint density at radius 2 is 0.640 bits per heavy atom. The van der Waals surface area contributed by atoms with Crippen molar-refractivity contribution >= 4 is 0 Å². The van der Waals surface area contributed by atoms with Gasteiger partial charge in [-0.25, -0.2) is 52.7 Å². The predicted octanol–water partition coefficient (Wildman–Crippen LogP) is 7.17. The van der Waals surface area contributed by atoms with E-state index in [2.05, 4.69) is 14.2 Å². The van der Waals surface area contributed by atoms with E-state index in [4.69, 9.17) is 14.2 Å². The molecule has 0 aliphatic carbocycles. The van der Waals surface area contributed by atoms with Crippen LogP contribution in [-0.2, 0) is 68.1 Å². The highest BCUT2D eigenvalue weighted by Gasteiger charge is 2.42. The van der Waals surface area contributed by atoms with Crippen LogP contribution in [0.1, 0.15) is 46.7 Å². The standard InChI is InChI=1S/C31H28F12O7/c1-5-18(48-9-15-25(38)19(32)12(6-45-2)20(33)26(15)39)31(44,49-10-16-27(40)21(34)13(7-46-3)22(35)28(16)41)50-11-17-29(42)23(36)14(8-47-4)24(37)30(17)43/h18,44H,5-11H2,1-4H3. The predicted molar refractivity (Wildman–Crippen MR) is 144 cm³/mol. The second kappa shape index (κ2) is 17.2. The molecule has 1 N–H and O–H groups in total. The van der Waals surface area contributed by atoms with Crippen LogP contribution < -0.4 is 0 Å². The molecule has 0 heterocycles. The molecule has 50 heavy (non-hydrogen) atoms. The van der Waals surface area contributed by atoms with E-state index < -0.39 is 161 Å². The molecule has 0 radical (unpaired) electrons. The van der Waals surface area contributed by atoms with Gasteiger partial charge < -0.3 is 33.5 Å². The molecule has 0 saturated heterocycles. The molecule has 0 aliphatic heterocycles. The van der Waals surface area contributed by atoms with Crippen molar-refractivity contribution in [3.05, 3.63) is 103 Å². The van der Waals surface area contributed by atoms with Gasteiger partial charge in [0, 0.05) is 21.3 Å². The van der Waals surface area contributed by atoms with Crippen LogP contribution in [0.25, 0.3) is 0 Å². The summed E-state index contributed by atoms with van der Waals surface area (Å²) in [6.07, 6.45) is -2.85. The lowest BCUT2D eigenvalue weighted by Crippen LogP contribution is -2.48. The van der Waals surface area contributed by atoms with E-state index in [1.165, 1.54) is 0 Å². The fourth-order valence-electron chi connectivity index (χ4n) is 4.60. The average Bonchev–Trinajstić information content (AvgIpc) is 3.09. The topological polar surface area (TPSA) is 75.6 Å². The summed E-state index contributed by atoms with van der Waals surface area (Å²) in [7, 11) is 2.88. The maximum Gasteiger partial charge on any atom is 0.308 e. The molecular formula is C31H28F12O7. The summed E-state index contributed by atoms with van der Waals surface area (Å²) < 4.78 is 205. The lowest BCUT2D eigenvalue weighted by molar-refractivity contribution is -0.411. The SMILES string of the molecule is CCC(OCc1c(F)c(F)c(COC)c(F)c1F)C(O)(OCc1c(F)c(F)c(COC)c(F)c1F)OCc1c(F)c(F)c(COC)c(F)c1F. The summed E-state index contributed by atoms with van der Waals surface area (Å²) in [5, 5.41) is 11.3. The zero-order valence-corrected chi connectivity index (χ0v) is 26.5. The molecule has 1 unspecified atom stereocenters. The highest BCUT2D eigenvalue weighted by atomic mass is 19.2. The number of benzene rings is 3. The van der Waals surface area contributed by atoms with Crippen molar-refractivity contribution in [2.24, 2.45) is 0 Å². The Kier molecular flexibility index (Phi) is 14.1. The molecule has 0 amide bonds. The van der Waals surface area contributed by atoms with Crippen molar-refractivity contribution < 1.29 is 86.2 Å². The van der Waals surface area contributed by atoms with Crippen LogP contribution in [0, 0.1) is 69.8 Å². The minimum absolute atomic E-state index is 0.632. The lowest BCUT2D eigenvalue weighted by Gasteiger charge is -2.35. The van der Waals surface area contributed by atoms with Gasteiger partial charge in [-0.1, -0.05) is 6.92 Å². The van der Waals surface area contributed by atoms with Crippen LogP contribution in [0.3, 0.4) is 0 Å². The lowest BCUT2D eigenvalue weighted by atomic mass is 10.1. The number of hydrogen-bond acceptors (Lipinski definition) is 7. The van der Waals surface area contributed by atoms with E-state index in [-0.39, 0.29) is 0 Å². The largest absolute Gasteiger partial charge is 0.380 e. The molecule has 1 atom stereocenters. The molecule has 0 aromatic heterocycles. The monoisotopic (exact) mass is 740 g/mol. The maximum absolute atomic E-state index is 14.8. The van der Waals surface area contributed by atoms with Crippen molar-refractivity contribution in [2.45, 2.75) is 65.1 Å². The first-order chi connectivity index (χ1) is 23.5. The fraction of sp³-hybridized carbons (Fsp3) is 0.419. The van der Waals surface area contributed by atoms with Crippen LogP contribution in [0.5, 0.6) is 0 Å². The van der Waals surface area contributed by atoms with E-state index in [1.54, 1.807) is 0 Å². The first kappa shape index (κ1) is 41.0. The normalized spacial score (nSPS) is 12.7. The molecule has 3 aromatic rings. The number of halogens is 12. The number of methoxy groups -OCH3 is 3. The first-order valence-corrected chi connectivity index (χ1v) is 14.1. The summed E-state index contributed by atoms with van der Waals surface area (Å²) in [6, 6.07) is 0. The van der Waals surface area contributed by atoms with Gasteiger partial charge in [-0.2, -0.15) is 0 Å². The summed E-state index contributed by atoms with van der Waals surface area (Å²) in [6.45, 7) is -6.44. The van der Waals surface area contributed by atoms with Crippen molar-refractivity contribution in [2.75, 3.05) is 21.3 Å². The van der Waals surface area contributed by atoms with Gasteiger partial charge in [-0.15, -0.1) is 0 Å². The first-order valence-electron chi connectivity index (χ1n) is 14.1. The van der Waals surface area contributed by atoms with Crippen molar-refractivity contribution in [1.29, 1.82) is 0 Å². The molecular weight excluding hydrogens is 712 g/mol. The van der Waals surface area contributed by atoms with Crippen molar-refractivity contribution in [1.82, 2.24) is 0 Å². The maximum atomic E-state index is 14.8. The van der Waals surface area contributed by atoms with E-state index in [9.17, 15) is 57.8 Å². The van der Waals surface area contributed by atoms with E-state index >= 15 is 0 Å². The Morgan fingerprint density at radius 3 is 0.860 bits per heavy atom. The molecule has 0 spiro atoms. The summed E-state index contributed by atoms with van der Waals surface area (Å²) in [4.78, 5) is 0. The number of ether oxygens (including phenoxy) is 6. The second-order valence-electron chi connectivity index (χ2n) is 10.4. The zero-order valence-electron chi connectivity index (χ0n) is 26.5. The Hall–Kier alpha value is -3.46. The third kappa shape index (κ3) is 8.03. The van der Waals surface area contributed by atoms with Gasteiger partial charge in [0.2, 0.25) is 0 Å². The zero-order chi connectivity index (χ0) is 37.7. The van der Waals surface area contributed by atoms with Gasteiger partial charge in [0.1, 0.15) is 6.10 Å². The van der Waals surface area contributed by atoms with E-state index in [0.29, 0.717) is 0 Å². The Balaban J connectivity index is 2.07. The molecule has 3 rings (SSSR count). The van der Waals surface area contributed by atoms with Crippen LogP contribution in [0.2, 0.25) is 0 Å². The molecule has 0 saturated carbocycles. The second-order valence-corrected chi connectivity index (χ2v) is 10.4. The quantitative estimate of drug-likeness (QED) is 0.0895. The summed E-state index contributed by atoms with van der Waals surface area (Å²) in [5.74, 6) is -27.4. The van der Waals surface area contributed by atoms with E-state index in [0.717, 1.165) is 28.3 Å². The number of aliphatic hydroxyl groups is 1. The third-order valence-electron chi connectivity index (χ3n) is 7.25. The van der Waals surface area contributed by atoms with Gasteiger partial charge in [0.15, 0.2) is 69.8 Å². The minimum Gasteiger partial charge on any atom is -0.380 e. The van der Waals surface area contributed by atoms with Gasteiger partial charge in [0.05, 0.1) is 73.0 Å². The van der Waals surface area contributed by atoms with Crippen LogP contribution >= 0.6 is 0 Å². The van der Waals surface area contributed by atoms with Gasteiger partial charge in [0.25, 0.3) is 0 Å². The summed E-state index contributed by atoms with van der Waals surface area (Å²) >= 11 is 0. The summed E-state index contributed by atoms with van der Waals surface area (Å²) in [5.41, 5.74) is -7.98. The third-order valence-corrected chi connectivity index (χ3v) is 7.25. The highest BCUT2D eigenvalue weighted by Crippen LogP contribution is 2.33. The Bertz CT molecular complexity index is 1540. The van der Waals surface area contributed by atoms with Crippen LogP contribution in [0.4, 0.5) is 52.7 Å². The van der Waals surface area contributed by atoms with Crippen LogP contribution in [0.15, 0.2) is 0 Å². The molecule has 0 aliphatic rings. The van der Waals surface area contributed by atoms with Gasteiger partial charge in [-0.05, 0) is 6.42 Å². The molecule has 278 valence electrons.